The number of alkyl halides is 1. The molecule has 1 aromatic heterocycles. The summed E-state index contributed by atoms with van der Waals surface area (Å²) in [5.41, 5.74) is 1.15. The van der Waals surface area contributed by atoms with E-state index in [2.05, 4.69) is 9.71 Å². The van der Waals surface area contributed by atoms with Crippen LogP contribution in [0.15, 0.2) is 18.5 Å². The van der Waals surface area contributed by atoms with Crippen LogP contribution in [0.4, 0.5) is 11.4 Å². The fourth-order valence-electron chi connectivity index (χ4n) is 1.05. The van der Waals surface area contributed by atoms with E-state index in [9.17, 15) is 8.42 Å². The van der Waals surface area contributed by atoms with Crippen molar-refractivity contribution in [2.75, 3.05) is 28.9 Å². The average Bonchev–Trinajstić information content (AvgIpc) is 2.18. The number of rotatable bonds is 4. The van der Waals surface area contributed by atoms with Crippen LogP contribution in [0.3, 0.4) is 0 Å². The van der Waals surface area contributed by atoms with E-state index in [-0.39, 0.29) is 0 Å². The van der Waals surface area contributed by atoms with Gasteiger partial charge in [0.2, 0.25) is 10.0 Å². The molecule has 0 aliphatic heterocycles. The van der Waals surface area contributed by atoms with Gasteiger partial charge >= 0.3 is 0 Å². The number of hydrogen-bond acceptors (Lipinski definition) is 4. The average molecular weight is 250 g/mol. The zero-order valence-electron chi connectivity index (χ0n) is 8.44. The third kappa shape index (κ3) is 3.24. The maximum atomic E-state index is 11.3. The first-order valence-corrected chi connectivity index (χ1v) is 6.33. The van der Waals surface area contributed by atoms with Crippen LogP contribution in [-0.2, 0) is 10.0 Å². The van der Waals surface area contributed by atoms with Crippen LogP contribution in [0, 0.1) is 0 Å². The fraction of sp³-hybridized carbons (Fsp3) is 0.375. The van der Waals surface area contributed by atoms with Gasteiger partial charge in [0.15, 0.2) is 0 Å². The van der Waals surface area contributed by atoms with Crippen molar-refractivity contribution in [3.05, 3.63) is 18.5 Å². The van der Waals surface area contributed by atoms with Gasteiger partial charge in [-0.2, -0.15) is 0 Å². The number of anilines is 2. The largest absolute Gasteiger partial charge is 0.376 e. The monoisotopic (exact) mass is 249 g/mol. The maximum absolute atomic E-state index is 11.3. The van der Waals surface area contributed by atoms with Crippen LogP contribution >= 0.6 is 11.6 Å². The molecule has 1 aromatic rings. The zero-order valence-corrected chi connectivity index (χ0v) is 10.0. The second-order valence-corrected chi connectivity index (χ2v) is 5.42. The second kappa shape index (κ2) is 4.67. The Labute approximate surface area is 94.1 Å². The van der Waals surface area contributed by atoms with Crippen LogP contribution in [-0.4, -0.2) is 32.7 Å². The van der Waals surface area contributed by atoms with Gasteiger partial charge in [-0.15, -0.1) is 11.6 Å². The van der Waals surface area contributed by atoms with Crippen LogP contribution in [0.2, 0.25) is 0 Å². The number of aromatic nitrogens is 1. The Kier molecular flexibility index (Phi) is 3.76. The van der Waals surface area contributed by atoms with Gasteiger partial charge in [-0.3, -0.25) is 9.71 Å². The minimum atomic E-state index is -3.48. The number of sulfonamides is 1. The van der Waals surface area contributed by atoms with Gasteiger partial charge in [0.1, 0.15) is 5.21 Å². The van der Waals surface area contributed by atoms with Gasteiger partial charge in [-0.05, 0) is 6.07 Å². The molecule has 0 unspecified atom stereocenters. The van der Waals surface area contributed by atoms with Gasteiger partial charge in [0, 0.05) is 20.3 Å². The van der Waals surface area contributed by atoms with Gasteiger partial charge in [0.25, 0.3) is 0 Å². The van der Waals surface area contributed by atoms with Crippen molar-refractivity contribution >= 4 is 33.0 Å². The molecular formula is C8H12ClN3O2S. The topological polar surface area (TPSA) is 62.3 Å². The molecule has 0 aliphatic carbocycles. The molecule has 0 amide bonds. The lowest BCUT2D eigenvalue weighted by Gasteiger charge is -2.17. The van der Waals surface area contributed by atoms with E-state index in [0.29, 0.717) is 5.69 Å². The zero-order chi connectivity index (χ0) is 11.5. The van der Waals surface area contributed by atoms with E-state index in [4.69, 9.17) is 11.6 Å². The molecule has 0 fully saturated rings. The van der Waals surface area contributed by atoms with Gasteiger partial charge < -0.3 is 4.90 Å². The predicted molar refractivity (Wildman–Crippen MR) is 61.8 cm³/mol. The third-order valence-electron chi connectivity index (χ3n) is 1.69. The lowest BCUT2D eigenvalue weighted by molar-refractivity contribution is 0.605. The summed E-state index contributed by atoms with van der Waals surface area (Å²) >= 11 is 5.29. The Morgan fingerprint density at radius 1 is 1.53 bits per heavy atom. The first-order valence-electron chi connectivity index (χ1n) is 4.14. The van der Waals surface area contributed by atoms with E-state index < -0.39 is 15.2 Å². The summed E-state index contributed by atoms with van der Waals surface area (Å²) in [6, 6.07) is 1.71. The summed E-state index contributed by atoms with van der Waals surface area (Å²) in [5.74, 6) is 0. The highest BCUT2D eigenvalue weighted by atomic mass is 35.5. The Morgan fingerprint density at radius 3 is 2.73 bits per heavy atom. The lowest BCUT2D eigenvalue weighted by atomic mass is 10.3. The highest BCUT2D eigenvalue weighted by Crippen LogP contribution is 2.23. The van der Waals surface area contributed by atoms with Crippen molar-refractivity contribution in [3.63, 3.8) is 0 Å². The molecule has 84 valence electrons. The first-order chi connectivity index (χ1) is 6.96. The molecule has 0 spiro atoms. The van der Waals surface area contributed by atoms with Crippen molar-refractivity contribution < 1.29 is 8.42 Å². The predicted octanol–water partition coefficient (Wildman–Crippen LogP) is 1.09. The summed E-state index contributed by atoms with van der Waals surface area (Å²) in [4.78, 5) is 5.63. The number of nitrogens with one attached hydrogen (secondary N) is 1. The molecule has 0 aromatic carbocycles. The molecule has 0 bridgehead atoms. The van der Waals surface area contributed by atoms with Crippen molar-refractivity contribution in [3.8, 4) is 0 Å². The molecule has 0 aliphatic rings. The third-order valence-corrected chi connectivity index (χ3v) is 3.37. The Hall–Kier alpha value is -1.01. The number of halogens is 1. The van der Waals surface area contributed by atoms with E-state index in [1.807, 2.05) is 14.1 Å². The molecule has 0 saturated heterocycles. The van der Waals surface area contributed by atoms with E-state index >= 15 is 0 Å². The summed E-state index contributed by atoms with van der Waals surface area (Å²) in [7, 11) is 0.147. The van der Waals surface area contributed by atoms with Gasteiger partial charge in [-0.1, -0.05) is 0 Å². The Balaban J connectivity index is 3.05. The number of pyridine rings is 1. The SMILES string of the molecule is CN(C)c1ccncc1NS(=O)(=O)CCl. The van der Waals surface area contributed by atoms with Crippen LogP contribution in [0.1, 0.15) is 0 Å². The Morgan fingerprint density at radius 2 is 2.20 bits per heavy atom. The summed E-state index contributed by atoms with van der Waals surface area (Å²) < 4.78 is 24.9. The molecule has 0 atom stereocenters. The number of hydrogen-bond donors (Lipinski definition) is 1. The van der Waals surface area contributed by atoms with Crippen molar-refractivity contribution in [2.45, 2.75) is 0 Å². The van der Waals surface area contributed by atoms with E-state index in [0.717, 1.165) is 5.69 Å². The molecule has 0 radical (unpaired) electrons. The summed E-state index contributed by atoms with van der Waals surface area (Å²) in [6.07, 6.45) is 3.03. The maximum Gasteiger partial charge on any atom is 0.246 e. The normalized spacial score (nSPS) is 11.1. The number of nitrogens with zero attached hydrogens (tertiary/aromatic N) is 2. The van der Waals surface area contributed by atoms with Crippen molar-refractivity contribution in [2.24, 2.45) is 0 Å². The standard InChI is InChI=1S/C8H12ClN3O2S/c1-12(2)8-3-4-10-5-7(8)11-15(13,14)6-9/h3-5,11H,6H2,1-2H3. The van der Waals surface area contributed by atoms with Crippen LogP contribution < -0.4 is 9.62 Å². The minimum absolute atomic E-state index is 0.420. The highest BCUT2D eigenvalue weighted by molar-refractivity contribution is 7.93. The summed E-state index contributed by atoms with van der Waals surface area (Å²) in [5, 5.41) is -0.477. The molecule has 1 N–H and O–H groups in total. The second-order valence-electron chi connectivity index (χ2n) is 3.11. The van der Waals surface area contributed by atoms with Gasteiger partial charge in [-0.25, -0.2) is 8.42 Å². The molecule has 0 saturated carbocycles. The smallest absolute Gasteiger partial charge is 0.246 e. The minimum Gasteiger partial charge on any atom is -0.376 e. The first kappa shape index (κ1) is 12.1. The lowest BCUT2D eigenvalue weighted by Crippen LogP contribution is -2.17. The molecule has 1 rings (SSSR count). The quantitative estimate of drug-likeness (QED) is 0.812. The molecule has 1 heterocycles. The molecule has 15 heavy (non-hydrogen) atoms. The van der Waals surface area contributed by atoms with E-state index in [1.54, 1.807) is 17.2 Å². The fourth-order valence-corrected chi connectivity index (χ4v) is 1.76. The molecule has 7 heteroatoms. The molecule has 5 nitrogen and oxygen atoms in total. The van der Waals surface area contributed by atoms with Crippen LogP contribution in [0.5, 0.6) is 0 Å². The van der Waals surface area contributed by atoms with Gasteiger partial charge in [0.05, 0.1) is 17.6 Å². The highest BCUT2D eigenvalue weighted by Gasteiger charge is 2.12. The molecular weight excluding hydrogens is 238 g/mol. The van der Waals surface area contributed by atoms with Crippen molar-refractivity contribution in [1.29, 1.82) is 0 Å². The van der Waals surface area contributed by atoms with E-state index in [1.165, 1.54) is 6.20 Å². The van der Waals surface area contributed by atoms with Crippen LogP contribution in [0.25, 0.3) is 0 Å². The Bertz CT molecular complexity index is 433. The summed E-state index contributed by atoms with van der Waals surface area (Å²) in [6.45, 7) is 0. The van der Waals surface area contributed by atoms with Crippen molar-refractivity contribution in [1.82, 2.24) is 4.98 Å².